The highest BCUT2D eigenvalue weighted by molar-refractivity contribution is 5.33. The summed E-state index contributed by atoms with van der Waals surface area (Å²) < 4.78 is 5.35. The maximum atomic E-state index is 10.3. The molecule has 23 heavy (non-hydrogen) atoms. The van der Waals surface area contributed by atoms with E-state index in [-0.39, 0.29) is 11.8 Å². The Morgan fingerprint density at radius 3 is 2.48 bits per heavy atom. The van der Waals surface area contributed by atoms with Crippen LogP contribution in [0.2, 0.25) is 0 Å². The van der Waals surface area contributed by atoms with Gasteiger partial charge in [-0.25, -0.2) is 0 Å². The number of para-hydroxylation sites is 1. The average molecular weight is 315 g/mol. The molecule has 0 aliphatic heterocycles. The fraction of sp³-hybridized carbons (Fsp3) is 0.368. The van der Waals surface area contributed by atoms with E-state index in [1.54, 1.807) is 31.4 Å². The number of phenolic OH excluding ortho intramolecular Hbond substituents is 1. The zero-order valence-electron chi connectivity index (χ0n) is 13.7. The van der Waals surface area contributed by atoms with Crippen molar-refractivity contribution in [3.63, 3.8) is 0 Å². The Labute approximate surface area is 137 Å². The molecule has 2 aromatic carbocycles. The SMILES string of the molecule is COc1ccccc1CCCNC(C)C(O)c1ccc(O)cc1. The Bertz CT molecular complexity index is 598. The quantitative estimate of drug-likeness (QED) is 0.655. The third kappa shape index (κ3) is 4.98. The number of methoxy groups -OCH3 is 1. The number of nitrogens with one attached hydrogen (secondary N) is 1. The van der Waals surface area contributed by atoms with Gasteiger partial charge in [0.25, 0.3) is 0 Å². The van der Waals surface area contributed by atoms with Crippen LogP contribution < -0.4 is 10.1 Å². The number of ether oxygens (including phenoxy) is 1. The molecule has 0 saturated heterocycles. The highest BCUT2D eigenvalue weighted by Gasteiger charge is 2.15. The normalized spacial score (nSPS) is 13.5. The van der Waals surface area contributed by atoms with E-state index in [1.165, 1.54) is 5.56 Å². The molecule has 0 aliphatic carbocycles. The van der Waals surface area contributed by atoms with Crippen LogP contribution >= 0.6 is 0 Å². The minimum Gasteiger partial charge on any atom is -0.508 e. The highest BCUT2D eigenvalue weighted by Crippen LogP contribution is 2.20. The van der Waals surface area contributed by atoms with Crippen LogP contribution in [0.1, 0.15) is 30.6 Å². The van der Waals surface area contributed by atoms with Crippen molar-refractivity contribution in [1.29, 1.82) is 0 Å². The van der Waals surface area contributed by atoms with Crippen molar-refractivity contribution < 1.29 is 14.9 Å². The van der Waals surface area contributed by atoms with Gasteiger partial charge in [0.2, 0.25) is 0 Å². The molecule has 0 bridgehead atoms. The van der Waals surface area contributed by atoms with Crippen LogP contribution in [-0.4, -0.2) is 29.9 Å². The maximum absolute atomic E-state index is 10.3. The largest absolute Gasteiger partial charge is 0.508 e. The van der Waals surface area contributed by atoms with Crippen molar-refractivity contribution in [2.75, 3.05) is 13.7 Å². The van der Waals surface area contributed by atoms with Gasteiger partial charge >= 0.3 is 0 Å². The Balaban J connectivity index is 1.78. The topological polar surface area (TPSA) is 61.7 Å². The first-order valence-electron chi connectivity index (χ1n) is 7.94. The first-order chi connectivity index (χ1) is 11.1. The Morgan fingerprint density at radius 2 is 1.78 bits per heavy atom. The monoisotopic (exact) mass is 315 g/mol. The number of aromatic hydroxyl groups is 1. The summed E-state index contributed by atoms with van der Waals surface area (Å²) in [6, 6.07) is 14.6. The van der Waals surface area contributed by atoms with E-state index in [0.29, 0.717) is 0 Å². The zero-order valence-corrected chi connectivity index (χ0v) is 13.7. The molecule has 0 amide bonds. The third-order valence-electron chi connectivity index (χ3n) is 3.99. The molecule has 3 N–H and O–H groups in total. The molecule has 2 rings (SSSR count). The molecule has 0 radical (unpaired) electrons. The maximum Gasteiger partial charge on any atom is 0.122 e. The molecule has 124 valence electrons. The smallest absolute Gasteiger partial charge is 0.122 e. The molecule has 2 atom stereocenters. The first-order valence-corrected chi connectivity index (χ1v) is 7.94. The van der Waals surface area contributed by atoms with Gasteiger partial charge < -0.3 is 20.3 Å². The van der Waals surface area contributed by atoms with Crippen molar-refractivity contribution in [1.82, 2.24) is 5.32 Å². The van der Waals surface area contributed by atoms with Crippen molar-refractivity contribution in [3.05, 3.63) is 59.7 Å². The number of aliphatic hydroxyl groups is 1. The number of aliphatic hydroxyl groups excluding tert-OH is 1. The minimum atomic E-state index is -0.595. The van der Waals surface area contributed by atoms with E-state index >= 15 is 0 Å². The van der Waals surface area contributed by atoms with Gasteiger partial charge in [-0.05, 0) is 55.6 Å². The Hall–Kier alpha value is -2.04. The van der Waals surface area contributed by atoms with Crippen LogP contribution in [0.15, 0.2) is 48.5 Å². The lowest BCUT2D eigenvalue weighted by atomic mass is 10.0. The molecule has 2 unspecified atom stereocenters. The number of rotatable bonds is 8. The zero-order chi connectivity index (χ0) is 16.7. The summed E-state index contributed by atoms with van der Waals surface area (Å²) in [5, 5.41) is 23.0. The van der Waals surface area contributed by atoms with Crippen LogP contribution in [0.25, 0.3) is 0 Å². The fourth-order valence-electron chi connectivity index (χ4n) is 2.59. The summed E-state index contributed by atoms with van der Waals surface area (Å²) in [6.45, 7) is 2.77. The summed E-state index contributed by atoms with van der Waals surface area (Å²) in [5.74, 6) is 1.13. The molecule has 2 aromatic rings. The van der Waals surface area contributed by atoms with Crippen molar-refractivity contribution >= 4 is 0 Å². The van der Waals surface area contributed by atoms with Gasteiger partial charge in [0, 0.05) is 6.04 Å². The minimum absolute atomic E-state index is 0.0581. The molecule has 0 fully saturated rings. The van der Waals surface area contributed by atoms with Gasteiger partial charge in [0.1, 0.15) is 11.5 Å². The molecule has 0 aromatic heterocycles. The molecular formula is C19H25NO3. The lowest BCUT2D eigenvalue weighted by Crippen LogP contribution is -2.33. The Morgan fingerprint density at radius 1 is 1.09 bits per heavy atom. The standard InChI is InChI=1S/C19H25NO3/c1-14(19(22)16-9-11-17(21)12-10-16)20-13-5-7-15-6-3-4-8-18(15)23-2/h3-4,6,8-12,14,19-22H,5,7,13H2,1-2H3. The van der Waals surface area contributed by atoms with Crippen LogP contribution in [0.3, 0.4) is 0 Å². The molecule has 0 aliphatic rings. The summed E-state index contributed by atoms with van der Waals surface area (Å²) >= 11 is 0. The molecule has 4 heteroatoms. The van der Waals surface area contributed by atoms with E-state index in [0.717, 1.165) is 30.7 Å². The van der Waals surface area contributed by atoms with E-state index < -0.39 is 6.10 Å². The highest BCUT2D eigenvalue weighted by atomic mass is 16.5. The number of benzene rings is 2. The van der Waals surface area contributed by atoms with Crippen molar-refractivity contribution in [3.8, 4) is 11.5 Å². The predicted molar refractivity (Wildman–Crippen MR) is 91.8 cm³/mol. The number of aryl methyl sites for hydroxylation is 1. The van der Waals surface area contributed by atoms with E-state index in [1.807, 2.05) is 25.1 Å². The second-order valence-corrected chi connectivity index (χ2v) is 5.69. The van der Waals surface area contributed by atoms with E-state index in [2.05, 4.69) is 11.4 Å². The van der Waals surface area contributed by atoms with Gasteiger partial charge in [-0.1, -0.05) is 30.3 Å². The molecule has 0 heterocycles. The Kier molecular flexibility index (Phi) is 6.44. The summed E-state index contributed by atoms with van der Waals surface area (Å²) in [5.41, 5.74) is 2.00. The predicted octanol–water partition coefficient (Wildman–Crippen LogP) is 3.05. The van der Waals surface area contributed by atoms with Crippen LogP contribution in [0.5, 0.6) is 11.5 Å². The van der Waals surface area contributed by atoms with Gasteiger partial charge in [0.05, 0.1) is 13.2 Å². The van der Waals surface area contributed by atoms with Gasteiger partial charge in [-0.2, -0.15) is 0 Å². The van der Waals surface area contributed by atoms with Gasteiger partial charge in [0.15, 0.2) is 0 Å². The van der Waals surface area contributed by atoms with Gasteiger partial charge in [-0.3, -0.25) is 0 Å². The lowest BCUT2D eigenvalue weighted by Gasteiger charge is -2.21. The number of phenols is 1. The van der Waals surface area contributed by atoms with Crippen LogP contribution in [0, 0.1) is 0 Å². The first kappa shape index (κ1) is 17.3. The number of hydrogen-bond donors (Lipinski definition) is 3. The van der Waals surface area contributed by atoms with Crippen molar-refractivity contribution in [2.24, 2.45) is 0 Å². The van der Waals surface area contributed by atoms with E-state index in [9.17, 15) is 10.2 Å². The van der Waals surface area contributed by atoms with Crippen molar-refractivity contribution in [2.45, 2.75) is 31.9 Å². The lowest BCUT2D eigenvalue weighted by molar-refractivity contribution is 0.136. The van der Waals surface area contributed by atoms with E-state index in [4.69, 9.17) is 4.74 Å². The second-order valence-electron chi connectivity index (χ2n) is 5.69. The molecule has 0 spiro atoms. The summed E-state index contributed by atoms with van der Waals surface area (Å²) in [7, 11) is 1.69. The summed E-state index contributed by atoms with van der Waals surface area (Å²) in [6.07, 6.45) is 1.30. The van der Waals surface area contributed by atoms with Gasteiger partial charge in [-0.15, -0.1) is 0 Å². The molecular weight excluding hydrogens is 290 g/mol. The second kappa shape index (κ2) is 8.56. The number of hydrogen-bond acceptors (Lipinski definition) is 4. The van der Waals surface area contributed by atoms with Crippen LogP contribution in [-0.2, 0) is 6.42 Å². The molecule has 0 saturated carbocycles. The van der Waals surface area contributed by atoms with Crippen LogP contribution in [0.4, 0.5) is 0 Å². The molecule has 4 nitrogen and oxygen atoms in total. The third-order valence-corrected chi connectivity index (χ3v) is 3.99. The average Bonchev–Trinajstić information content (AvgIpc) is 2.59. The fourth-order valence-corrected chi connectivity index (χ4v) is 2.59. The summed E-state index contributed by atoms with van der Waals surface area (Å²) in [4.78, 5) is 0.